The van der Waals surface area contributed by atoms with Gasteiger partial charge in [-0.1, -0.05) is 25.3 Å². The average Bonchev–Trinajstić information content (AvgIpc) is 3.11. The second-order valence-electron chi connectivity index (χ2n) is 9.84. The largest absolute Gasteiger partial charge is 0.383 e. The van der Waals surface area contributed by atoms with E-state index in [1.807, 2.05) is 6.07 Å². The van der Waals surface area contributed by atoms with E-state index >= 15 is 0 Å². The Kier molecular flexibility index (Phi) is 7.47. The molecule has 2 aliphatic rings. The van der Waals surface area contributed by atoms with Crippen LogP contribution >= 0.6 is 0 Å². The zero-order chi connectivity index (χ0) is 26.1. The van der Waals surface area contributed by atoms with E-state index in [4.69, 9.17) is 4.74 Å². The van der Waals surface area contributed by atoms with Crippen LogP contribution in [0.5, 0.6) is 0 Å². The van der Waals surface area contributed by atoms with Gasteiger partial charge in [0.2, 0.25) is 20.0 Å². The fourth-order valence-corrected chi connectivity index (χ4v) is 7.18. The molecular weight excluding hydrogens is 502 g/mol. The molecule has 196 valence electrons. The third-order valence-corrected chi connectivity index (χ3v) is 9.04. The zero-order valence-corrected chi connectivity index (χ0v) is 22.4. The summed E-state index contributed by atoms with van der Waals surface area (Å²) < 4.78 is 59.4. The van der Waals surface area contributed by atoms with Crippen LogP contribution in [0, 0.1) is 0 Å². The topological polar surface area (TPSA) is 122 Å². The second kappa shape index (κ2) is 10.1. The minimum atomic E-state index is -3.84. The maximum Gasteiger partial charge on any atom is 0.258 e. The van der Waals surface area contributed by atoms with E-state index in [1.54, 1.807) is 36.1 Å². The monoisotopic (exact) mass is 535 g/mol. The molecule has 1 heterocycles. The smallest absolute Gasteiger partial charge is 0.258 e. The molecule has 0 radical (unpaired) electrons. The van der Waals surface area contributed by atoms with Crippen molar-refractivity contribution >= 4 is 37.3 Å². The summed E-state index contributed by atoms with van der Waals surface area (Å²) in [7, 11) is -5.78. The predicted octanol–water partition coefficient (Wildman–Crippen LogP) is 3.23. The number of rotatable bonds is 8. The minimum absolute atomic E-state index is 0.0100. The second-order valence-corrected chi connectivity index (χ2v) is 13.3. The highest BCUT2D eigenvalue weighted by molar-refractivity contribution is 7.92. The maximum atomic E-state index is 13.7. The van der Waals surface area contributed by atoms with Crippen LogP contribution in [0.15, 0.2) is 47.4 Å². The quantitative estimate of drug-likeness (QED) is 0.535. The van der Waals surface area contributed by atoms with E-state index in [9.17, 15) is 21.6 Å². The summed E-state index contributed by atoms with van der Waals surface area (Å²) in [6, 6.07) is 10.9. The number of hydrogen-bond acceptors (Lipinski definition) is 6. The molecule has 1 unspecified atom stereocenters. The summed E-state index contributed by atoms with van der Waals surface area (Å²) >= 11 is 0. The van der Waals surface area contributed by atoms with Gasteiger partial charge in [-0.25, -0.2) is 21.6 Å². The Morgan fingerprint density at radius 2 is 1.81 bits per heavy atom. The van der Waals surface area contributed by atoms with Crippen LogP contribution in [0.25, 0.3) is 0 Å². The lowest BCUT2D eigenvalue weighted by Crippen LogP contribution is -2.38. The van der Waals surface area contributed by atoms with Crippen LogP contribution in [0.4, 0.5) is 11.4 Å². The molecule has 2 N–H and O–H groups in total. The number of sulfonamides is 2. The summed E-state index contributed by atoms with van der Waals surface area (Å²) in [6.07, 6.45) is 6.11. The number of anilines is 2. The highest BCUT2D eigenvalue weighted by Crippen LogP contribution is 2.50. The summed E-state index contributed by atoms with van der Waals surface area (Å²) in [5.41, 5.74) is 2.19. The third kappa shape index (κ3) is 5.59. The number of nitrogens with zero attached hydrogens (tertiary/aromatic N) is 1. The first-order valence-corrected chi connectivity index (χ1v) is 15.4. The number of amides is 1. The Hall–Kier alpha value is -2.47. The third-order valence-electron chi connectivity index (χ3n) is 6.84. The van der Waals surface area contributed by atoms with Crippen molar-refractivity contribution in [1.29, 1.82) is 0 Å². The number of carbonyl (C=O) groups excluding carboxylic acids is 1. The highest BCUT2D eigenvalue weighted by Gasteiger charge is 2.45. The van der Waals surface area contributed by atoms with Gasteiger partial charge < -0.3 is 9.64 Å². The lowest BCUT2D eigenvalue weighted by Gasteiger charge is -2.34. The van der Waals surface area contributed by atoms with E-state index in [0.29, 0.717) is 12.2 Å². The Bertz CT molecular complexity index is 1350. The Morgan fingerprint density at radius 3 is 2.47 bits per heavy atom. The van der Waals surface area contributed by atoms with Gasteiger partial charge in [-0.2, -0.15) is 0 Å². The number of carbonyl (C=O) groups is 1. The lowest BCUT2D eigenvalue weighted by molar-refractivity contribution is 0.0982. The van der Waals surface area contributed by atoms with Gasteiger partial charge >= 0.3 is 0 Å². The first-order chi connectivity index (χ1) is 16.9. The molecule has 1 spiro atoms. The fraction of sp³-hybridized carbons (Fsp3) is 0.480. The summed E-state index contributed by atoms with van der Waals surface area (Å²) in [5.74, 6) is -0.287. The van der Waals surface area contributed by atoms with Gasteiger partial charge in [0.05, 0.1) is 17.8 Å². The van der Waals surface area contributed by atoms with Gasteiger partial charge in [-0.3, -0.25) is 9.52 Å². The summed E-state index contributed by atoms with van der Waals surface area (Å²) in [4.78, 5) is 15.4. The molecule has 1 aliphatic heterocycles. The Balaban J connectivity index is 1.68. The Labute approximate surface area is 213 Å². The molecule has 1 atom stereocenters. The molecule has 0 aromatic heterocycles. The number of fused-ring (bicyclic) bond motifs is 2. The molecule has 1 amide bonds. The molecule has 36 heavy (non-hydrogen) atoms. The van der Waals surface area contributed by atoms with Crippen molar-refractivity contribution in [3.05, 3.63) is 53.6 Å². The Morgan fingerprint density at radius 1 is 1.08 bits per heavy atom. The predicted molar refractivity (Wildman–Crippen MR) is 139 cm³/mol. The molecule has 9 nitrogen and oxygen atoms in total. The highest BCUT2D eigenvalue weighted by atomic mass is 32.2. The van der Waals surface area contributed by atoms with Crippen LogP contribution in [-0.2, 0) is 30.2 Å². The van der Waals surface area contributed by atoms with Crippen molar-refractivity contribution < 1.29 is 26.4 Å². The zero-order valence-electron chi connectivity index (χ0n) is 20.8. The molecule has 1 saturated carbocycles. The SMILES string of the molecule is COCC(C)NS(=O)(=O)c1cccc(C(=O)N2CC3(CCCCC3)c3cc(NS(C)(=O)=O)ccc32)c1. The van der Waals surface area contributed by atoms with Gasteiger partial charge in [0.25, 0.3) is 5.91 Å². The normalized spacial score (nSPS) is 18.1. The van der Waals surface area contributed by atoms with Crippen LogP contribution in [-0.4, -0.2) is 55.3 Å². The molecular formula is C25H33N3O6S2. The van der Waals surface area contributed by atoms with Crippen molar-refractivity contribution in [3.8, 4) is 0 Å². The molecule has 1 fully saturated rings. The average molecular weight is 536 g/mol. The number of ether oxygens (including phenoxy) is 1. The molecule has 2 aromatic rings. The minimum Gasteiger partial charge on any atom is -0.383 e. The van der Waals surface area contributed by atoms with Crippen molar-refractivity contribution in [2.24, 2.45) is 0 Å². The molecule has 11 heteroatoms. The maximum absolute atomic E-state index is 13.7. The van der Waals surface area contributed by atoms with Crippen molar-refractivity contribution in [2.75, 3.05) is 36.1 Å². The standard InChI is InChI=1S/C25H33N3O6S2/c1-18(16-34-2)26-36(32,33)21-9-7-8-19(14-21)24(29)28-17-25(12-5-4-6-13-25)22-15-20(10-11-23(22)28)27-35(3,30)31/h7-11,14-15,18,26-27H,4-6,12-13,16-17H2,1-3H3. The van der Waals surface area contributed by atoms with Crippen LogP contribution in [0.1, 0.15) is 54.9 Å². The van der Waals surface area contributed by atoms with E-state index in [2.05, 4.69) is 9.44 Å². The van der Waals surface area contributed by atoms with E-state index in [0.717, 1.165) is 49.6 Å². The fourth-order valence-electron chi connectivity index (χ4n) is 5.35. The molecule has 0 saturated heterocycles. The first-order valence-electron chi connectivity index (χ1n) is 12.0. The van der Waals surface area contributed by atoms with E-state index in [-0.39, 0.29) is 28.4 Å². The van der Waals surface area contributed by atoms with Crippen molar-refractivity contribution in [1.82, 2.24) is 4.72 Å². The van der Waals surface area contributed by atoms with Gasteiger partial charge in [-0.05, 0) is 61.7 Å². The van der Waals surface area contributed by atoms with E-state index in [1.165, 1.54) is 19.2 Å². The number of benzene rings is 2. The number of methoxy groups -OCH3 is 1. The van der Waals surface area contributed by atoms with Gasteiger partial charge in [0, 0.05) is 42.0 Å². The van der Waals surface area contributed by atoms with Crippen molar-refractivity contribution in [2.45, 2.75) is 55.4 Å². The van der Waals surface area contributed by atoms with Gasteiger partial charge in [0.1, 0.15) is 0 Å². The molecule has 2 aromatic carbocycles. The van der Waals surface area contributed by atoms with Crippen LogP contribution < -0.4 is 14.3 Å². The van der Waals surface area contributed by atoms with Gasteiger partial charge in [0.15, 0.2) is 0 Å². The molecule has 1 aliphatic carbocycles. The van der Waals surface area contributed by atoms with Crippen LogP contribution in [0.3, 0.4) is 0 Å². The summed E-state index contributed by atoms with van der Waals surface area (Å²) in [5, 5.41) is 0. The number of nitrogens with one attached hydrogen (secondary N) is 2. The summed E-state index contributed by atoms with van der Waals surface area (Å²) in [6.45, 7) is 2.40. The number of hydrogen-bond donors (Lipinski definition) is 2. The van der Waals surface area contributed by atoms with Crippen LogP contribution in [0.2, 0.25) is 0 Å². The lowest BCUT2D eigenvalue weighted by atomic mass is 9.70. The molecule has 0 bridgehead atoms. The first kappa shape index (κ1) is 26.6. The van der Waals surface area contributed by atoms with E-state index < -0.39 is 26.1 Å². The molecule has 4 rings (SSSR count). The van der Waals surface area contributed by atoms with Crippen molar-refractivity contribution in [3.63, 3.8) is 0 Å². The van der Waals surface area contributed by atoms with Gasteiger partial charge in [-0.15, -0.1) is 0 Å².